The van der Waals surface area contributed by atoms with Crippen molar-refractivity contribution >= 4 is 22.0 Å². The van der Waals surface area contributed by atoms with Gasteiger partial charge in [-0.2, -0.15) is 9.40 Å². The van der Waals surface area contributed by atoms with E-state index in [-0.39, 0.29) is 24.4 Å². The lowest BCUT2D eigenvalue weighted by molar-refractivity contribution is -0.156. The van der Waals surface area contributed by atoms with Crippen LogP contribution in [0.1, 0.15) is 6.42 Å². The first-order valence-corrected chi connectivity index (χ1v) is 7.22. The summed E-state index contributed by atoms with van der Waals surface area (Å²) in [6.45, 7) is -0.395. The largest absolute Gasteiger partial charge is 0.481 e. The zero-order chi connectivity index (χ0) is 14.9. The molecule has 2 rings (SSSR count). The summed E-state index contributed by atoms with van der Waals surface area (Å²) >= 11 is 0. The topological polar surface area (TPSA) is 141 Å². The number of nitrogens with one attached hydrogen (secondary N) is 1. The van der Waals surface area contributed by atoms with Crippen molar-refractivity contribution in [1.29, 1.82) is 0 Å². The Morgan fingerprint density at radius 3 is 2.45 bits per heavy atom. The molecule has 1 aliphatic rings. The molecule has 1 saturated heterocycles. The number of aromatic nitrogens is 2. The highest BCUT2D eigenvalue weighted by atomic mass is 32.2. The lowest BCUT2D eigenvalue weighted by Crippen LogP contribution is -2.48. The van der Waals surface area contributed by atoms with E-state index in [1.165, 1.54) is 6.20 Å². The van der Waals surface area contributed by atoms with Crippen LogP contribution in [0.3, 0.4) is 0 Å². The molecule has 0 amide bonds. The Balaban J connectivity index is 2.25. The van der Waals surface area contributed by atoms with Crippen molar-refractivity contribution < 1.29 is 28.2 Å². The summed E-state index contributed by atoms with van der Waals surface area (Å²) in [5, 5.41) is 24.0. The molecule has 0 aliphatic carbocycles. The van der Waals surface area contributed by atoms with E-state index in [4.69, 9.17) is 10.2 Å². The maximum atomic E-state index is 12.2. The average Bonchev–Trinajstić information content (AvgIpc) is 2.92. The van der Waals surface area contributed by atoms with Gasteiger partial charge in [-0.3, -0.25) is 14.7 Å². The van der Waals surface area contributed by atoms with Crippen LogP contribution in [-0.2, 0) is 19.6 Å². The summed E-state index contributed by atoms with van der Waals surface area (Å²) in [6.07, 6.45) is 2.27. The van der Waals surface area contributed by atoms with Crippen LogP contribution in [-0.4, -0.2) is 58.2 Å². The Kier molecular flexibility index (Phi) is 3.77. The van der Waals surface area contributed by atoms with Crippen LogP contribution in [0.15, 0.2) is 17.3 Å². The standard InChI is InChI=1S/C10H13N3O6S/c14-9(15)7-1-2-13(5-8(7)10(16)17)20(18,19)6-3-11-12-4-6/h3-4,7-8H,1-2,5H2,(H,11,12)(H,14,15)(H,16,17). The highest BCUT2D eigenvalue weighted by Gasteiger charge is 2.42. The van der Waals surface area contributed by atoms with Crippen LogP contribution in [0.2, 0.25) is 0 Å². The van der Waals surface area contributed by atoms with Gasteiger partial charge in [0.25, 0.3) is 0 Å². The molecule has 0 radical (unpaired) electrons. The second-order valence-electron chi connectivity index (χ2n) is 4.48. The van der Waals surface area contributed by atoms with Crippen molar-refractivity contribution in [3.05, 3.63) is 12.4 Å². The van der Waals surface area contributed by atoms with Gasteiger partial charge in [0.15, 0.2) is 0 Å². The number of aromatic amines is 1. The maximum Gasteiger partial charge on any atom is 0.308 e. The molecule has 2 unspecified atom stereocenters. The van der Waals surface area contributed by atoms with E-state index in [1.807, 2.05) is 0 Å². The number of hydrogen-bond donors (Lipinski definition) is 3. The Labute approximate surface area is 114 Å². The molecular weight excluding hydrogens is 290 g/mol. The number of H-pyrrole nitrogens is 1. The third-order valence-corrected chi connectivity index (χ3v) is 5.15. The summed E-state index contributed by atoms with van der Waals surface area (Å²) < 4.78 is 25.4. The van der Waals surface area contributed by atoms with Gasteiger partial charge in [0.1, 0.15) is 4.90 Å². The number of carboxylic acid groups (broad SMARTS) is 2. The maximum absolute atomic E-state index is 12.2. The van der Waals surface area contributed by atoms with Crippen molar-refractivity contribution in [2.75, 3.05) is 13.1 Å². The summed E-state index contributed by atoms with van der Waals surface area (Å²) in [5.74, 6) is -4.88. The molecule has 20 heavy (non-hydrogen) atoms. The first kappa shape index (κ1) is 14.5. The van der Waals surface area contributed by atoms with Crippen LogP contribution in [0.25, 0.3) is 0 Å². The molecular formula is C10H13N3O6S. The van der Waals surface area contributed by atoms with Crippen LogP contribution >= 0.6 is 0 Å². The molecule has 3 N–H and O–H groups in total. The smallest absolute Gasteiger partial charge is 0.308 e. The summed E-state index contributed by atoms with van der Waals surface area (Å²) in [7, 11) is -3.85. The van der Waals surface area contributed by atoms with E-state index in [9.17, 15) is 18.0 Å². The first-order valence-electron chi connectivity index (χ1n) is 5.78. The molecule has 0 bridgehead atoms. The first-order chi connectivity index (χ1) is 9.34. The highest BCUT2D eigenvalue weighted by Crippen LogP contribution is 2.28. The lowest BCUT2D eigenvalue weighted by atomic mass is 9.86. The summed E-state index contributed by atoms with van der Waals surface area (Å²) in [6, 6.07) is 0. The van der Waals surface area contributed by atoms with E-state index in [0.717, 1.165) is 10.5 Å². The molecule has 2 atom stereocenters. The highest BCUT2D eigenvalue weighted by molar-refractivity contribution is 7.89. The summed E-state index contributed by atoms with van der Waals surface area (Å²) in [5.41, 5.74) is 0. The molecule has 1 aromatic heterocycles. The van der Waals surface area contributed by atoms with Gasteiger partial charge in [-0.1, -0.05) is 0 Å². The molecule has 0 aromatic carbocycles. The lowest BCUT2D eigenvalue weighted by Gasteiger charge is -2.33. The second kappa shape index (κ2) is 5.21. The van der Waals surface area contributed by atoms with Crippen molar-refractivity contribution in [1.82, 2.24) is 14.5 Å². The van der Waals surface area contributed by atoms with Crippen molar-refractivity contribution in [3.8, 4) is 0 Å². The molecule has 9 nitrogen and oxygen atoms in total. The molecule has 1 aromatic rings. The Hall–Kier alpha value is -1.94. The van der Waals surface area contributed by atoms with E-state index in [2.05, 4.69) is 10.2 Å². The fraction of sp³-hybridized carbons (Fsp3) is 0.500. The fourth-order valence-electron chi connectivity index (χ4n) is 2.22. The van der Waals surface area contributed by atoms with Gasteiger partial charge < -0.3 is 10.2 Å². The van der Waals surface area contributed by atoms with Gasteiger partial charge >= 0.3 is 11.9 Å². The molecule has 1 aliphatic heterocycles. The van der Waals surface area contributed by atoms with E-state index < -0.39 is 33.8 Å². The fourth-order valence-corrected chi connectivity index (χ4v) is 3.60. The van der Waals surface area contributed by atoms with Crippen LogP contribution in [0.5, 0.6) is 0 Å². The van der Waals surface area contributed by atoms with Crippen molar-refractivity contribution in [2.45, 2.75) is 11.3 Å². The number of carboxylic acids is 2. The van der Waals surface area contributed by atoms with Crippen molar-refractivity contribution in [2.24, 2.45) is 11.8 Å². The van der Waals surface area contributed by atoms with E-state index in [1.54, 1.807) is 0 Å². The quantitative estimate of drug-likeness (QED) is 0.661. The van der Waals surface area contributed by atoms with Crippen molar-refractivity contribution in [3.63, 3.8) is 0 Å². The Morgan fingerprint density at radius 2 is 1.95 bits per heavy atom. The third kappa shape index (κ3) is 2.51. The average molecular weight is 303 g/mol. The molecule has 2 heterocycles. The van der Waals surface area contributed by atoms with E-state index in [0.29, 0.717) is 0 Å². The van der Waals surface area contributed by atoms with Gasteiger partial charge in [0.05, 0.1) is 18.0 Å². The van der Waals surface area contributed by atoms with Crippen LogP contribution in [0, 0.1) is 11.8 Å². The van der Waals surface area contributed by atoms with Crippen LogP contribution in [0.4, 0.5) is 0 Å². The molecule has 0 saturated carbocycles. The molecule has 1 fully saturated rings. The number of sulfonamides is 1. The number of piperidine rings is 1. The van der Waals surface area contributed by atoms with E-state index >= 15 is 0 Å². The zero-order valence-corrected chi connectivity index (χ0v) is 11.1. The Bertz CT molecular complexity index is 611. The SMILES string of the molecule is O=C(O)C1CCN(S(=O)(=O)c2cn[nH]c2)CC1C(=O)O. The Morgan fingerprint density at radius 1 is 1.30 bits per heavy atom. The number of rotatable bonds is 4. The number of hydrogen-bond acceptors (Lipinski definition) is 5. The second-order valence-corrected chi connectivity index (χ2v) is 6.41. The monoisotopic (exact) mass is 303 g/mol. The van der Waals surface area contributed by atoms with Gasteiger partial charge in [-0.05, 0) is 6.42 Å². The van der Waals surface area contributed by atoms with Gasteiger partial charge in [0, 0.05) is 19.3 Å². The summed E-state index contributed by atoms with van der Waals surface area (Å²) in [4.78, 5) is 22.1. The third-order valence-electron chi connectivity index (χ3n) is 3.32. The normalized spacial score (nSPS) is 24.4. The molecule has 110 valence electrons. The van der Waals surface area contributed by atoms with Gasteiger partial charge in [-0.25, -0.2) is 8.42 Å². The predicted molar refractivity (Wildman–Crippen MR) is 64.2 cm³/mol. The number of aliphatic carboxylic acids is 2. The number of nitrogens with zero attached hydrogens (tertiary/aromatic N) is 2. The zero-order valence-electron chi connectivity index (χ0n) is 10.3. The predicted octanol–water partition coefficient (Wildman–Crippen LogP) is -0.794. The van der Waals surface area contributed by atoms with Gasteiger partial charge in [-0.15, -0.1) is 0 Å². The minimum absolute atomic E-state index is 0.0335. The van der Waals surface area contributed by atoms with Crippen LogP contribution < -0.4 is 0 Å². The molecule has 10 heteroatoms. The minimum atomic E-state index is -3.85. The molecule has 0 spiro atoms. The minimum Gasteiger partial charge on any atom is -0.481 e. The number of carbonyl (C=O) groups is 2. The van der Waals surface area contributed by atoms with Gasteiger partial charge in [0.2, 0.25) is 10.0 Å².